The van der Waals surface area contributed by atoms with Crippen molar-refractivity contribution >= 4 is 18.3 Å². The SMILES string of the molecule is CC(CC(=O)N1CCC(c2ccccc2)C1C)C1CCCNC1.Cl. The number of piperidine rings is 1. The monoisotopic (exact) mass is 350 g/mol. The summed E-state index contributed by atoms with van der Waals surface area (Å²) in [6.07, 6.45) is 4.32. The molecule has 4 atom stereocenters. The number of halogens is 1. The van der Waals surface area contributed by atoms with Crippen LogP contribution in [-0.4, -0.2) is 36.5 Å². The summed E-state index contributed by atoms with van der Waals surface area (Å²) in [7, 11) is 0. The lowest BCUT2D eigenvalue weighted by Gasteiger charge is -2.31. The van der Waals surface area contributed by atoms with E-state index in [-0.39, 0.29) is 12.4 Å². The van der Waals surface area contributed by atoms with E-state index in [0.717, 1.165) is 26.1 Å². The number of rotatable bonds is 4. The van der Waals surface area contributed by atoms with Gasteiger partial charge >= 0.3 is 0 Å². The Kier molecular flexibility index (Phi) is 7.12. The summed E-state index contributed by atoms with van der Waals surface area (Å²) >= 11 is 0. The Morgan fingerprint density at radius 1 is 1.29 bits per heavy atom. The number of likely N-dealkylation sites (tertiary alicyclic amines) is 1. The first-order valence-corrected chi connectivity index (χ1v) is 9.22. The minimum Gasteiger partial charge on any atom is -0.339 e. The number of benzene rings is 1. The maximum absolute atomic E-state index is 12.8. The summed E-state index contributed by atoms with van der Waals surface area (Å²) in [5, 5.41) is 3.47. The van der Waals surface area contributed by atoms with Gasteiger partial charge in [-0.05, 0) is 56.7 Å². The minimum absolute atomic E-state index is 0. The van der Waals surface area contributed by atoms with E-state index >= 15 is 0 Å². The highest BCUT2D eigenvalue weighted by atomic mass is 35.5. The highest BCUT2D eigenvalue weighted by Gasteiger charge is 2.35. The van der Waals surface area contributed by atoms with Crippen molar-refractivity contribution in [2.75, 3.05) is 19.6 Å². The summed E-state index contributed by atoms with van der Waals surface area (Å²) in [4.78, 5) is 14.9. The second kappa shape index (κ2) is 8.87. The Hall–Kier alpha value is -1.06. The molecule has 2 heterocycles. The Labute approximate surface area is 152 Å². The van der Waals surface area contributed by atoms with Crippen molar-refractivity contribution < 1.29 is 4.79 Å². The summed E-state index contributed by atoms with van der Waals surface area (Å²) in [6.45, 7) is 7.60. The molecule has 2 aliphatic rings. The van der Waals surface area contributed by atoms with Crippen molar-refractivity contribution in [3.8, 4) is 0 Å². The van der Waals surface area contributed by atoms with Crippen molar-refractivity contribution in [2.45, 2.75) is 51.5 Å². The molecule has 1 amide bonds. The van der Waals surface area contributed by atoms with Gasteiger partial charge in [0.05, 0.1) is 0 Å². The van der Waals surface area contributed by atoms with Gasteiger partial charge in [0.1, 0.15) is 0 Å². The average Bonchev–Trinajstić information content (AvgIpc) is 2.98. The summed E-state index contributed by atoms with van der Waals surface area (Å²) in [5.74, 6) is 2.00. The van der Waals surface area contributed by atoms with Crippen LogP contribution in [0, 0.1) is 11.8 Å². The Morgan fingerprint density at radius 3 is 2.71 bits per heavy atom. The second-order valence-corrected chi connectivity index (χ2v) is 7.42. The second-order valence-electron chi connectivity index (χ2n) is 7.42. The first-order chi connectivity index (χ1) is 11.2. The molecule has 2 fully saturated rings. The molecule has 0 spiro atoms. The number of hydrogen-bond acceptors (Lipinski definition) is 2. The van der Waals surface area contributed by atoms with E-state index in [1.165, 1.54) is 18.4 Å². The van der Waals surface area contributed by atoms with E-state index in [9.17, 15) is 4.79 Å². The Bertz CT molecular complexity index is 516. The van der Waals surface area contributed by atoms with Crippen LogP contribution in [0.4, 0.5) is 0 Å². The summed E-state index contributed by atoms with van der Waals surface area (Å²) < 4.78 is 0. The van der Waals surface area contributed by atoms with Gasteiger partial charge in [0.25, 0.3) is 0 Å². The fourth-order valence-electron chi connectivity index (χ4n) is 4.36. The molecule has 24 heavy (non-hydrogen) atoms. The van der Waals surface area contributed by atoms with Gasteiger partial charge in [0.15, 0.2) is 0 Å². The third-order valence-corrected chi connectivity index (χ3v) is 5.94. The zero-order valence-electron chi connectivity index (χ0n) is 14.9. The number of carbonyl (C=O) groups is 1. The molecule has 1 N–H and O–H groups in total. The molecule has 0 radical (unpaired) electrons. The molecule has 1 aromatic carbocycles. The van der Waals surface area contributed by atoms with Crippen LogP contribution in [0.2, 0.25) is 0 Å². The predicted molar refractivity (Wildman–Crippen MR) is 102 cm³/mol. The maximum atomic E-state index is 12.8. The van der Waals surface area contributed by atoms with Gasteiger partial charge in [-0.3, -0.25) is 4.79 Å². The predicted octanol–water partition coefficient (Wildman–Crippen LogP) is 3.84. The van der Waals surface area contributed by atoms with Gasteiger partial charge in [-0.1, -0.05) is 37.3 Å². The smallest absolute Gasteiger partial charge is 0.223 e. The fraction of sp³-hybridized carbons (Fsp3) is 0.650. The van der Waals surface area contributed by atoms with Gasteiger partial charge in [-0.2, -0.15) is 0 Å². The average molecular weight is 351 g/mol. The van der Waals surface area contributed by atoms with Crippen molar-refractivity contribution in [3.63, 3.8) is 0 Å². The van der Waals surface area contributed by atoms with Gasteiger partial charge in [-0.25, -0.2) is 0 Å². The molecular weight excluding hydrogens is 320 g/mol. The first-order valence-electron chi connectivity index (χ1n) is 9.22. The van der Waals surface area contributed by atoms with Crippen molar-refractivity contribution in [1.82, 2.24) is 10.2 Å². The third-order valence-electron chi connectivity index (χ3n) is 5.94. The van der Waals surface area contributed by atoms with Crippen LogP contribution in [0.15, 0.2) is 30.3 Å². The van der Waals surface area contributed by atoms with Crippen molar-refractivity contribution in [2.24, 2.45) is 11.8 Å². The number of carbonyl (C=O) groups excluding carboxylic acids is 1. The van der Waals surface area contributed by atoms with E-state index < -0.39 is 0 Å². The van der Waals surface area contributed by atoms with E-state index in [4.69, 9.17) is 0 Å². The molecule has 0 bridgehead atoms. The Balaban J connectivity index is 0.00000208. The van der Waals surface area contributed by atoms with Crippen molar-refractivity contribution in [3.05, 3.63) is 35.9 Å². The third kappa shape index (κ3) is 4.31. The van der Waals surface area contributed by atoms with Gasteiger partial charge < -0.3 is 10.2 Å². The van der Waals surface area contributed by atoms with Crippen LogP contribution in [0.25, 0.3) is 0 Å². The zero-order chi connectivity index (χ0) is 16.2. The molecule has 3 nitrogen and oxygen atoms in total. The number of amides is 1. The van der Waals surface area contributed by atoms with E-state index in [0.29, 0.717) is 36.1 Å². The fourth-order valence-corrected chi connectivity index (χ4v) is 4.36. The van der Waals surface area contributed by atoms with Crippen LogP contribution in [0.3, 0.4) is 0 Å². The Morgan fingerprint density at radius 2 is 2.04 bits per heavy atom. The molecular formula is C20H31ClN2O. The molecule has 4 unspecified atom stereocenters. The molecule has 2 saturated heterocycles. The van der Waals surface area contributed by atoms with Crippen LogP contribution in [0.1, 0.15) is 51.0 Å². The van der Waals surface area contributed by atoms with Gasteiger partial charge in [0.2, 0.25) is 5.91 Å². The largest absolute Gasteiger partial charge is 0.339 e. The molecule has 134 valence electrons. The normalized spacial score (nSPS) is 28.2. The molecule has 0 aromatic heterocycles. The summed E-state index contributed by atoms with van der Waals surface area (Å²) in [5.41, 5.74) is 1.37. The van der Waals surface area contributed by atoms with E-state index in [1.807, 2.05) is 0 Å². The molecule has 1 aromatic rings. The van der Waals surface area contributed by atoms with Gasteiger partial charge in [-0.15, -0.1) is 12.4 Å². The van der Waals surface area contributed by atoms with Gasteiger partial charge in [0, 0.05) is 24.9 Å². The van der Waals surface area contributed by atoms with E-state index in [2.05, 4.69) is 54.4 Å². The zero-order valence-corrected chi connectivity index (χ0v) is 15.7. The number of nitrogens with one attached hydrogen (secondary N) is 1. The highest BCUT2D eigenvalue weighted by molar-refractivity contribution is 5.85. The lowest BCUT2D eigenvalue weighted by Crippen LogP contribution is -2.39. The number of hydrogen-bond donors (Lipinski definition) is 1. The topological polar surface area (TPSA) is 32.3 Å². The molecule has 0 aliphatic carbocycles. The molecule has 2 aliphatic heterocycles. The summed E-state index contributed by atoms with van der Waals surface area (Å²) in [6, 6.07) is 11.0. The van der Waals surface area contributed by atoms with Crippen LogP contribution in [-0.2, 0) is 4.79 Å². The van der Waals surface area contributed by atoms with Crippen LogP contribution < -0.4 is 5.32 Å². The molecule has 4 heteroatoms. The number of nitrogens with zero attached hydrogens (tertiary/aromatic N) is 1. The molecule has 3 rings (SSSR count). The first kappa shape index (κ1) is 19.3. The standard InChI is InChI=1S/C20H30N2O.ClH/c1-15(18-9-6-11-21-14-18)13-20(23)22-12-10-19(16(22)2)17-7-4-3-5-8-17;/h3-5,7-8,15-16,18-19,21H,6,9-14H2,1-2H3;1H. The van der Waals surface area contributed by atoms with Crippen LogP contribution in [0.5, 0.6) is 0 Å². The maximum Gasteiger partial charge on any atom is 0.223 e. The quantitative estimate of drug-likeness (QED) is 0.894. The highest BCUT2D eigenvalue weighted by Crippen LogP contribution is 2.34. The van der Waals surface area contributed by atoms with Crippen LogP contribution >= 0.6 is 12.4 Å². The lowest BCUT2D eigenvalue weighted by atomic mass is 9.85. The van der Waals surface area contributed by atoms with E-state index in [1.54, 1.807) is 0 Å². The lowest BCUT2D eigenvalue weighted by molar-refractivity contribution is -0.133. The minimum atomic E-state index is 0. The van der Waals surface area contributed by atoms with Crippen molar-refractivity contribution in [1.29, 1.82) is 0 Å². The molecule has 0 saturated carbocycles.